The van der Waals surface area contributed by atoms with E-state index in [2.05, 4.69) is 6.92 Å². The van der Waals surface area contributed by atoms with Crippen LogP contribution in [-0.4, -0.2) is 18.2 Å². The van der Waals surface area contributed by atoms with E-state index in [1.165, 1.54) is 6.08 Å². The number of esters is 1. The van der Waals surface area contributed by atoms with E-state index in [0.29, 0.717) is 13.0 Å². The first kappa shape index (κ1) is 20.1. The monoisotopic (exact) mass is 288 g/mol. The standard InChI is InChI=1S/C16H26O4.Li/c1-5-7-10-13-15(18)20-16(13,4)12(3)9-8-11-14(17)19-6-2;/h8,11-12,18H,5-7,9-10H2,1-4H3;/q;+1/p-1/b11-8+;. The smallest absolute Gasteiger partial charge is 0.602 e. The van der Waals surface area contributed by atoms with Crippen molar-refractivity contribution in [1.82, 2.24) is 0 Å². The normalized spacial score (nSPS) is 22.3. The maximum Gasteiger partial charge on any atom is 1.00 e. The molecule has 5 heteroatoms. The van der Waals surface area contributed by atoms with Gasteiger partial charge >= 0.3 is 24.8 Å². The molecule has 1 heterocycles. The third kappa shape index (κ3) is 5.12. The second kappa shape index (κ2) is 9.22. The van der Waals surface area contributed by atoms with E-state index in [0.717, 1.165) is 24.8 Å². The molecular formula is C16H25LiO4. The van der Waals surface area contributed by atoms with Crippen molar-refractivity contribution in [3.63, 3.8) is 0 Å². The van der Waals surface area contributed by atoms with Gasteiger partial charge in [0.05, 0.1) is 12.6 Å². The number of hydrogen-bond acceptors (Lipinski definition) is 4. The van der Waals surface area contributed by atoms with Crippen molar-refractivity contribution >= 4 is 5.97 Å². The summed E-state index contributed by atoms with van der Waals surface area (Å²) in [4.78, 5) is 11.2. The number of hydrogen-bond donors (Lipinski definition) is 0. The maximum atomic E-state index is 11.6. The van der Waals surface area contributed by atoms with E-state index in [1.54, 1.807) is 13.0 Å². The molecule has 114 valence electrons. The SMILES string of the molecule is CCCCC1=C([O-])OC1(C)C(C)C/C=C/C(=O)OCC.[Li+]. The van der Waals surface area contributed by atoms with Crippen molar-refractivity contribution in [2.24, 2.45) is 5.92 Å². The molecule has 21 heavy (non-hydrogen) atoms. The first-order chi connectivity index (χ1) is 9.45. The molecule has 4 nitrogen and oxygen atoms in total. The van der Waals surface area contributed by atoms with Crippen LogP contribution in [0, 0.1) is 5.92 Å². The summed E-state index contributed by atoms with van der Waals surface area (Å²) in [5.41, 5.74) is 0.405. The number of unbranched alkanes of at least 4 members (excludes halogenated alkanes) is 1. The summed E-state index contributed by atoms with van der Waals surface area (Å²) >= 11 is 0. The van der Waals surface area contributed by atoms with Gasteiger partial charge in [-0.15, -0.1) is 0 Å². The van der Waals surface area contributed by atoms with Gasteiger partial charge in [0.25, 0.3) is 0 Å². The van der Waals surface area contributed by atoms with Gasteiger partial charge in [0, 0.05) is 11.7 Å². The summed E-state index contributed by atoms with van der Waals surface area (Å²) in [6.45, 7) is 8.25. The first-order valence-electron chi connectivity index (χ1n) is 7.38. The molecule has 1 rings (SSSR count). The molecule has 0 radical (unpaired) electrons. The zero-order chi connectivity index (χ0) is 15.2. The van der Waals surface area contributed by atoms with Crippen LogP contribution >= 0.6 is 0 Å². The summed E-state index contributed by atoms with van der Waals surface area (Å²) in [7, 11) is 0. The number of carbonyl (C=O) groups excluding carboxylic acids is 1. The molecule has 2 unspecified atom stereocenters. The van der Waals surface area contributed by atoms with E-state index < -0.39 is 5.60 Å². The minimum atomic E-state index is -0.481. The molecular weight excluding hydrogens is 263 g/mol. The van der Waals surface area contributed by atoms with E-state index in [9.17, 15) is 9.90 Å². The van der Waals surface area contributed by atoms with Crippen molar-refractivity contribution in [3.8, 4) is 0 Å². The fraction of sp³-hybridized carbons (Fsp3) is 0.688. The molecule has 2 atom stereocenters. The molecule has 0 spiro atoms. The Kier molecular flexibility index (Phi) is 8.85. The Morgan fingerprint density at radius 2 is 2.14 bits per heavy atom. The van der Waals surface area contributed by atoms with Crippen molar-refractivity contribution in [3.05, 3.63) is 23.7 Å². The Bertz CT molecular complexity index is 403. The van der Waals surface area contributed by atoms with Gasteiger partial charge in [-0.05, 0) is 44.6 Å². The molecule has 1 aliphatic rings. The molecule has 0 fully saturated rings. The Labute approximate surface area is 139 Å². The van der Waals surface area contributed by atoms with Crippen LogP contribution in [0.2, 0.25) is 0 Å². The molecule has 0 N–H and O–H groups in total. The second-order valence-corrected chi connectivity index (χ2v) is 5.37. The number of carbonyl (C=O) groups is 1. The van der Waals surface area contributed by atoms with Crippen LogP contribution in [0.4, 0.5) is 0 Å². The number of rotatable bonds is 8. The van der Waals surface area contributed by atoms with Gasteiger partial charge in [0.1, 0.15) is 0 Å². The zero-order valence-corrected chi connectivity index (χ0v) is 13.9. The van der Waals surface area contributed by atoms with Crippen LogP contribution in [0.5, 0.6) is 0 Å². The fourth-order valence-electron chi connectivity index (χ4n) is 2.36. The molecule has 0 amide bonds. The van der Waals surface area contributed by atoms with Crippen molar-refractivity contribution < 1.29 is 38.2 Å². The van der Waals surface area contributed by atoms with E-state index in [4.69, 9.17) is 9.47 Å². The molecule has 1 aliphatic heterocycles. The molecule has 0 saturated heterocycles. The predicted molar refractivity (Wildman–Crippen MR) is 75.6 cm³/mol. The van der Waals surface area contributed by atoms with Gasteiger partial charge < -0.3 is 14.6 Å². The van der Waals surface area contributed by atoms with E-state index in [1.807, 2.05) is 13.8 Å². The van der Waals surface area contributed by atoms with Crippen LogP contribution < -0.4 is 24.0 Å². The third-order valence-electron chi connectivity index (χ3n) is 3.90. The first-order valence-corrected chi connectivity index (χ1v) is 7.38. The van der Waals surface area contributed by atoms with E-state index >= 15 is 0 Å². The molecule has 0 saturated carbocycles. The largest absolute Gasteiger partial charge is 1.00 e. The quantitative estimate of drug-likeness (QED) is 0.349. The van der Waals surface area contributed by atoms with Gasteiger partial charge in [-0.1, -0.05) is 26.3 Å². The van der Waals surface area contributed by atoms with Crippen molar-refractivity contribution in [2.75, 3.05) is 6.61 Å². The average molecular weight is 288 g/mol. The van der Waals surface area contributed by atoms with Crippen LogP contribution in [0.25, 0.3) is 0 Å². The minimum absolute atomic E-state index is 0. The molecule has 0 aliphatic carbocycles. The zero-order valence-electron chi connectivity index (χ0n) is 13.9. The van der Waals surface area contributed by atoms with Gasteiger partial charge in [0.2, 0.25) is 0 Å². The van der Waals surface area contributed by atoms with Gasteiger partial charge in [-0.2, -0.15) is 0 Å². The summed E-state index contributed by atoms with van der Waals surface area (Å²) in [6, 6.07) is 0. The Morgan fingerprint density at radius 3 is 2.67 bits per heavy atom. The van der Waals surface area contributed by atoms with E-state index in [-0.39, 0.29) is 36.7 Å². The Balaban J connectivity index is 0.00000400. The molecule has 0 aromatic carbocycles. The topological polar surface area (TPSA) is 58.6 Å². The van der Waals surface area contributed by atoms with Crippen molar-refractivity contribution in [2.45, 2.75) is 59.0 Å². The number of allylic oxidation sites excluding steroid dienone is 1. The van der Waals surface area contributed by atoms with Crippen molar-refractivity contribution in [1.29, 1.82) is 0 Å². The summed E-state index contributed by atoms with van der Waals surface area (Å²) in [5, 5.41) is 11.6. The minimum Gasteiger partial charge on any atom is -0.602 e. The second-order valence-electron chi connectivity index (χ2n) is 5.37. The molecule has 0 bridgehead atoms. The summed E-state index contributed by atoms with van der Waals surface area (Å²) in [6.07, 6.45) is 6.78. The van der Waals surface area contributed by atoms with Gasteiger partial charge in [-0.25, -0.2) is 4.79 Å². The fourth-order valence-corrected chi connectivity index (χ4v) is 2.36. The maximum absolute atomic E-state index is 11.6. The van der Waals surface area contributed by atoms with Crippen LogP contribution in [0.3, 0.4) is 0 Å². The Morgan fingerprint density at radius 1 is 1.48 bits per heavy atom. The Hall–Kier alpha value is -0.853. The van der Waals surface area contributed by atoms with Gasteiger partial charge in [-0.3, -0.25) is 0 Å². The number of ether oxygens (including phenoxy) is 2. The van der Waals surface area contributed by atoms with Crippen LogP contribution in [0.15, 0.2) is 23.7 Å². The predicted octanol–water partition coefficient (Wildman–Crippen LogP) is -0.313. The van der Waals surface area contributed by atoms with Crippen LogP contribution in [-0.2, 0) is 14.3 Å². The van der Waals surface area contributed by atoms with Gasteiger partial charge in [0.15, 0.2) is 0 Å². The van der Waals surface area contributed by atoms with Crippen LogP contribution in [0.1, 0.15) is 53.4 Å². The summed E-state index contributed by atoms with van der Waals surface area (Å²) in [5.74, 6) is -0.342. The average Bonchev–Trinajstić information content (AvgIpc) is 2.38. The molecule has 0 aromatic heterocycles. The summed E-state index contributed by atoms with van der Waals surface area (Å²) < 4.78 is 10.2. The third-order valence-corrected chi connectivity index (χ3v) is 3.90. The molecule has 0 aromatic rings.